The number of nitrogens with one attached hydrogen (secondary N) is 1. The Kier molecular flexibility index (Phi) is 7.29. The first-order valence-corrected chi connectivity index (χ1v) is 8.92. The summed E-state index contributed by atoms with van der Waals surface area (Å²) < 4.78 is 13.2. The van der Waals surface area contributed by atoms with Crippen LogP contribution in [0, 0.1) is 11.7 Å². The van der Waals surface area contributed by atoms with Crippen molar-refractivity contribution in [3.8, 4) is 0 Å². The molecule has 0 saturated heterocycles. The Bertz CT molecular complexity index is 773. The smallest absolute Gasteiger partial charge is 0.247 e. The van der Waals surface area contributed by atoms with E-state index < -0.39 is 6.04 Å². The Hall–Kier alpha value is -2.95. The molecule has 0 aliphatic carbocycles. The van der Waals surface area contributed by atoms with E-state index in [4.69, 9.17) is 0 Å². The van der Waals surface area contributed by atoms with Gasteiger partial charge in [0.15, 0.2) is 0 Å². The van der Waals surface area contributed by atoms with E-state index in [0.717, 1.165) is 11.1 Å². The average Bonchev–Trinajstić information content (AvgIpc) is 2.67. The molecule has 0 saturated carbocycles. The number of rotatable bonds is 8. The molecule has 0 aliphatic rings. The first-order valence-electron chi connectivity index (χ1n) is 8.92. The molecule has 2 rings (SSSR count). The molecular weight excluding hydrogens is 343 g/mol. The zero-order valence-corrected chi connectivity index (χ0v) is 15.7. The highest BCUT2D eigenvalue weighted by molar-refractivity contribution is 5.89. The van der Waals surface area contributed by atoms with Crippen LogP contribution in [-0.4, -0.2) is 23.3 Å². The maximum atomic E-state index is 13.2. The topological polar surface area (TPSA) is 49.4 Å². The maximum absolute atomic E-state index is 13.2. The normalized spacial score (nSPS) is 11.7. The van der Waals surface area contributed by atoms with Crippen LogP contribution in [-0.2, 0) is 16.1 Å². The molecule has 2 aromatic carbocycles. The van der Waals surface area contributed by atoms with Gasteiger partial charge < -0.3 is 10.2 Å². The van der Waals surface area contributed by atoms with Crippen molar-refractivity contribution in [1.29, 1.82) is 0 Å². The predicted molar refractivity (Wildman–Crippen MR) is 104 cm³/mol. The molecule has 0 bridgehead atoms. The van der Waals surface area contributed by atoms with Crippen LogP contribution in [0.1, 0.15) is 31.0 Å². The largest absolute Gasteiger partial charge is 0.351 e. The Labute approximate surface area is 159 Å². The van der Waals surface area contributed by atoms with Crippen molar-refractivity contribution in [2.24, 2.45) is 5.92 Å². The monoisotopic (exact) mass is 368 g/mol. The van der Waals surface area contributed by atoms with Crippen molar-refractivity contribution < 1.29 is 14.0 Å². The second kappa shape index (κ2) is 9.67. The van der Waals surface area contributed by atoms with Gasteiger partial charge in [0, 0.05) is 19.0 Å². The molecule has 5 heteroatoms. The molecule has 0 spiro atoms. The van der Waals surface area contributed by atoms with Gasteiger partial charge >= 0.3 is 0 Å². The Morgan fingerprint density at radius 2 is 1.74 bits per heavy atom. The molecule has 0 fully saturated rings. The molecule has 0 radical (unpaired) electrons. The molecule has 4 nitrogen and oxygen atoms in total. The van der Waals surface area contributed by atoms with Gasteiger partial charge in [-0.25, -0.2) is 4.39 Å². The van der Waals surface area contributed by atoms with E-state index in [0.29, 0.717) is 6.54 Å². The highest BCUT2D eigenvalue weighted by atomic mass is 19.1. The van der Waals surface area contributed by atoms with Crippen LogP contribution in [0.2, 0.25) is 0 Å². The second-order valence-corrected chi connectivity index (χ2v) is 6.59. The van der Waals surface area contributed by atoms with E-state index in [9.17, 15) is 14.0 Å². The van der Waals surface area contributed by atoms with Crippen molar-refractivity contribution in [2.75, 3.05) is 6.54 Å². The van der Waals surface area contributed by atoms with Gasteiger partial charge in [-0.3, -0.25) is 9.59 Å². The Balaban J connectivity index is 2.44. The van der Waals surface area contributed by atoms with Gasteiger partial charge in [-0.1, -0.05) is 62.4 Å². The third-order valence-corrected chi connectivity index (χ3v) is 4.14. The summed E-state index contributed by atoms with van der Waals surface area (Å²) in [5, 5.41) is 2.79. The molecule has 0 aromatic heterocycles. The first kappa shape index (κ1) is 20.4. The van der Waals surface area contributed by atoms with Gasteiger partial charge in [-0.2, -0.15) is 0 Å². The number of carbonyl (C=O) groups is 2. The van der Waals surface area contributed by atoms with Crippen LogP contribution in [0.4, 0.5) is 4.39 Å². The lowest BCUT2D eigenvalue weighted by atomic mass is 10.0. The molecule has 0 aliphatic heterocycles. The molecule has 1 unspecified atom stereocenters. The number of amides is 2. The molecular formula is C22H25FN2O2. The lowest BCUT2D eigenvalue weighted by Crippen LogP contribution is -2.44. The highest BCUT2D eigenvalue weighted by Crippen LogP contribution is 2.25. The summed E-state index contributed by atoms with van der Waals surface area (Å²) in [5.41, 5.74) is 1.47. The first-order chi connectivity index (χ1) is 12.9. The standard InChI is InChI=1S/C22H25FN2O2/c1-4-14-24-21(26)20(18-8-6-5-7-9-18)25(22(27)16(2)3)15-17-10-12-19(23)13-11-17/h4-13,16,20H,1,14-15H2,2-3H3,(H,24,26). The summed E-state index contributed by atoms with van der Waals surface area (Å²) in [7, 11) is 0. The van der Waals surface area contributed by atoms with E-state index in [1.165, 1.54) is 12.1 Å². The molecule has 1 N–H and O–H groups in total. The minimum Gasteiger partial charge on any atom is -0.351 e. The molecule has 142 valence electrons. The van der Waals surface area contributed by atoms with Crippen molar-refractivity contribution in [3.05, 3.63) is 84.2 Å². The van der Waals surface area contributed by atoms with E-state index in [1.807, 2.05) is 30.3 Å². The van der Waals surface area contributed by atoms with E-state index in [1.54, 1.807) is 37.0 Å². The summed E-state index contributed by atoms with van der Waals surface area (Å²) in [5.74, 6) is -1.06. The molecule has 1 atom stereocenters. The van der Waals surface area contributed by atoms with Crippen LogP contribution in [0.5, 0.6) is 0 Å². The van der Waals surface area contributed by atoms with Gasteiger partial charge in [-0.05, 0) is 23.3 Å². The van der Waals surface area contributed by atoms with Crippen molar-refractivity contribution in [1.82, 2.24) is 10.2 Å². The number of carbonyl (C=O) groups excluding carboxylic acids is 2. The molecule has 2 aromatic rings. The fraction of sp³-hybridized carbons (Fsp3) is 0.273. The lowest BCUT2D eigenvalue weighted by Gasteiger charge is -2.32. The Morgan fingerprint density at radius 1 is 1.11 bits per heavy atom. The number of nitrogens with zero attached hydrogens (tertiary/aromatic N) is 1. The summed E-state index contributed by atoms with van der Waals surface area (Å²) in [4.78, 5) is 27.4. The van der Waals surface area contributed by atoms with Gasteiger partial charge in [0.25, 0.3) is 0 Å². The fourth-order valence-electron chi connectivity index (χ4n) is 2.79. The number of halogens is 1. The lowest BCUT2D eigenvalue weighted by molar-refractivity contribution is -0.144. The summed E-state index contributed by atoms with van der Waals surface area (Å²) in [6.45, 7) is 7.72. The molecule has 0 heterocycles. The quantitative estimate of drug-likeness (QED) is 0.720. The van der Waals surface area contributed by atoms with Gasteiger partial charge in [-0.15, -0.1) is 6.58 Å². The zero-order valence-electron chi connectivity index (χ0n) is 15.7. The predicted octanol–water partition coefficient (Wildman–Crippen LogP) is 3.85. The van der Waals surface area contributed by atoms with Crippen LogP contribution in [0.15, 0.2) is 67.3 Å². The average molecular weight is 368 g/mol. The zero-order chi connectivity index (χ0) is 19.8. The highest BCUT2D eigenvalue weighted by Gasteiger charge is 2.32. The molecule has 27 heavy (non-hydrogen) atoms. The third kappa shape index (κ3) is 5.51. The Morgan fingerprint density at radius 3 is 2.30 bits per heavy atom. The van der Waals surface area contributed by atoms with Crippen LogP contribution < -0.4 is 5.32 Å². The second-order valence-electron chi connectivity index (χ2n) is 6.59. The fourth-order valence-corrected chi connectivity index (χ4v) is 2.79. The van der Waals surface area contributed by atoms with Crippen LogP contribution in [0.3, 0.4) is 0 Å². The van der Waals surface area contributed by atoms with E-state index in [2.05, 4.69) is 11.9 Å². The number of hydrogen-bond donors (Lipinski definition) is 1. The van der Waals surface area contributed by atoms with E-state index >= 15 is 0 Å². The minimum absolute atomic E-state index is 0.151. The SMILES string of the molecule is C=CCNC(=O)C(c1ccccc1)N(Cc1ccc(F)cc1)C(=O)C(C)C. The summed E-state index contributed by atoms with van der Waals surface area (Å²) in [6, 6.07) is 14.3. The minimum atomic E-state index is -0.786. The number of benzene rings is 2. The molecule has 2 amide bonds. The third-order valence-electron chi connectivity index (χ3n) is 4.14. The van der Waals surface area contributed by atoms with Crippen molar-refractivity contribution in [2.45, 2.75) is 26.4 Å². The maximum Gasteiger partial charge on any atom is 0.247 e. The van der Waals surface area contributed by atoms with Gasteiger partial charge in [0.2, 0.25) is 11.8 Å². The summed E-state index contributed by atoms with van der Waals surface area (Å²) in [6.07, 6.45) is 1.59. The van der Waals surface area contributed by atoms with Crippen LogP contribution in [0.25, 0.3) is 0 Å². The number of hydrogen-bond acceptors (Lipinski definition) is 2. The van der Waals surface area contributed by atoms with Gasteiger partial charge in [0.05, 0.1) is 0 Å². The van der Waals surface area contributed by atoms with Crippen molar-refractivity contribution >= 4 is 11.8 Å². The van der Waals surface area contributed by atoms with Crippen molar-refractivity contribution in [3.63, 3.8) is 0 Å². The van der Waals surface area contributed by atoms with E-state index in [-0.39, 0.29) is 30.1 Å². The van der Waals surface area contributed by atoms with Gasteiger partial charge in [0.1, 0.15) is 11.9 Å². The van der Waals surface area contributed by atoms with Crippen LogP contribution >= 0.6 is 0 Å². The summed E-state index contributed by atoms with van der Waals surface area (Å²) >= 11 is 0.